The largest absolute Gasteiger partial charge is 0.490 e. The van der Waals surface area contributed by atoms with E-state index in [2.05, 4.69) is 27.9 Å². The predicted octanol–water partition coefficient (Wildman–Crippen LogP) is 4.19. The number of hydrogen-bond donors (Lipinski definition) is 2. The lowest BCUT2D eigenvalue weighted by molar-refractivity contribution is -0.148. The first-order valence-corrected chi connectivity index (χ1v) is 11.5. The number of alkyl carbamates (subject to hydrolysis) is 1. The number of nitrogens with one attached hydrogen (secondary N) is 1. The van der Waals surface area contributed by atoms with Gasteiger partial charge in [-0.25, -0.2) is 14.4 Å². The van der Waals surface area contributed by atoms with Crippen LogP contribution < -0.4 is 10.1 Å². The third kappa shape index (κ3) is 8.03. The zero-order valence-electron chi connectivity index (χ0n) is 17.9. The lowest BCUT2D eigenvalue weighted by Gasteiger charge is -2.20. The molecule has 172 valence electrons. The summed E-state index contributed by atoms with van der Waals surface area (Å²) >= 11 is 2.08. The third-order valence-corrected chi connectivity index (χ3v) is 5.28. The molecule has 0 unspecified atom stereocenters. The van der Waals surface area contributed by atoms with Crippen LogP contribution in [-0.2, 0) is 25.3 Å². The van der Waals surface area contributed by atoms with Crippen molar-refractivity contribution in [3.63, 3.8) is 0 Å². The summed E-state index contributed by atoms with van der Waals surface area (Å²) in [5.74, 6) is -1.30. The van der Waals surface area contributed by atoms with E-state index in [0.717, 1.165) is 5.56 Å². The van der Waals surface area contributed by atoms with Crippen molar-refractivity contribution in [3.05, 3.63) is 65.2 Å². The molecule has 0 heterocycles. The van der Waals surface area contributed by atoms with Crippen LogP contribution in [0.1, 0.15) is 35.3 Å². The van der Waals surface area contributed by atoms with E-state index in [-0.39, 0.29) is 31.3 Å². The Kier molecular flexibility index (Phi) is 10.3. The molecular weight excluding hydrogens is 529 g/mol. The van der Waals surface area contributed by atoms with E-state index in [1.54, 1.807) is 26.0 Å². The number of benzene rings is 2. The van der Waals surface area contributed by atoms with Crippen LogP contribution >= 0.6 is 22.6 Å². The Hall–Kier alpha value is -2.82. The minimum absolute atomic E-state index is 0.0248. The normalized spacial score (nSPS) is 11.5. The lowest BCUT2D eigenvalue weighted by Crippen LogP contribution is -2.45. The summed E-state index contributed by atoms with van der Waals surface area (Å²) in [5, 5.41) is 11.7. The number of hydrogen-bond acceptors (Lipinski definition) is 6. The number of alkyl halides is 1. The Morgan fingerprint density at radius 2 is 1.75 bits per heavy atom. The Bertz CT molecular complexity index is 918. The SMILES string of the molecule is CC(C)[C@H](NC(=O)OCc1ccccc1)C(=O)OCCOc1ccc(C(=O)O)c(CI)c1. The highest BCUT2D eigenvalue weighted by Gasteiger charge is 2.26. The van der Waals surface area contributed by atoms with Crippen LogP contribution in [0.3, 0.4) is 0 Å². The van der Waals surface area contributed by atoms with Crippen LogP contribution in [0.5, 0.6) is 5.75 Å². The highest BCUT2D eigenvalue weighted by Crippen LogP contribution is 2.20. The molecule has 0 aliphatic carbocycles. The van der Waals surface area contributed by atoms with Gasteiger partial charge in [-0.05, 0) is 35.2 Å². The molecule has 2 aromatic rings. The fraction of sp³-hybridized carbons (Fsp3) is 0.348. The molecule has 0 fully saturated rings. The molecular formula is C23H26INO7. The molecule has 0 radical (unpaired) electrons. The second-order valence-electron chi connectivity index (χ2n) is 7.20. The highest BCUT2D eigenvalue weighted by molar-refractivity contribution is 14.1. The molecule has 0 aromatic heterocycles. The molecule has 0 spiro atoms. The summed E-state index contributed by atoms with van der Waals surface area (Å²) in [6.07, 6.45) is -0.703. The van der Waals surface area contributed by atoms with E-state index in [4.69, 9.17) is 14.2 Å². The fourth-order valence-corrected chi connectivity index (χ4v) is 3.39. The van der Waals surface area contributed by atoms with Gasteiger partial charge in [0, 0.05) is 4.43 Å². The number of amides is 1. The molecule has 2 N–H and O–H groups in total. The van der Waals surface area contributed by atoms with Crippen LogP contribution in [-0.4, -0.2) is 42.4 Å². The Balaban J connectivity index is 1.80. The minimum Gasteiger partial charge on any atom is -0.490 e. The van der Waals surface area contributed by atoms with Crippen molar-refractivity contribution in [2.24, 2.45) is 5.92 Å². The summed E-state index contributed by atoms with van der Waals surface area (Å²) in [7, 11) is 0. The van der Waals surface area contributed by atoms with E-state index in [1.165, 1.54) is 6.07 Å². The van der Waals surface area contributed by atoms with Crippen LogP contribution in [0.25, 0.3) is 0 Å². The average Bonchev–Trinajstić information content (AvgIpc) is 2.78. The fourth-order valence-electron chi connectivity index (χ4n) is 2.76. The van der Waals surface area contributed by atoms with E-state index < -0.39 is 24.1 Å². The first-order valence-electron chi connectivity index (χ1n) is 10.0. The van der Waals surface area contributed by atoms with Crippen LogP contribution in [0.2, 0.25) is 0 Å². The number of esters is 1. The van der Waals surface area contributed by atoms with Gasteiger partial charge in [-0.15, -0.1) is 0 Å². The van der Waals surface area contributed by atoms with Crippen molar-refractivity contribution in [2.45, 2.75) is 30.9 Å². The number of carbonyl (C=O) groups excluding carboxylic acids is 2. The molecule has 2 rings (SSSR count). The van der Waals surface area contributed by atoms with Crippen molar-refractivity contribution in [3.8, 4) is 5.75 Å². The quantitative estimate of drug-likeness (QED) is 0.185. The summed E-state index contributed by atoms with van der Waals surface area (Å²) < 4.78 is 16.5. The number of aromatic carboxylic acids is 1. The summed E-state index contributed by atoms with van der Waals surface area (Å²) in [5.41, 5.74) is 1.71. The predicted molar refractivity (Wildman–Crippen MR) is 126 cm³/mol. The number of ether oxygens (including phenoxy) is 3. The van der Waals surface area contributed by atoms with Gasteiger partial charge in [0.1, 0.15) is 31.6 Å². The average molecular weight is 555 g/mol. The molecule has 0 saturated heterocycles. The summed E-state index contributed by atoms with van der Waals surface area (Å²) in [6.45, 7) is 3.73. The van der Waals surface area contributed by atoms with Gasteiger partial charge in [-0.3, -0.25) is 0 Å². The molecule has 1 atom stereocenters. The van der Waals surface area contributed by atoms with Gasteiger partial charge in [0.25, 0.3) is 0 Å². The van der Waals surface area contributed by atoms with Crippen molar-refractivity contribution in [1.29, 1.82) is 0 Å². The Labute approximate surface area is 200 Å². The van der Waals surface area contributed by atoms with Gasteiger partial charge in [-0.1, -0.05) is 66.8 Å². The number of halogens is 1. The maximum Gasteiger partial charge on any atom is 0.408 e. The summed E-state index contributed by atoms with van der Waals surface area (Å²) in [4.78, 5) is 35.7. The molecule has 0 saturated carbocycles. The smallest absolute Gasteiger partial charge is 0.408 e. The molecule has 32 heavy (non-hydrogen) atoms. The van der Waals surface area contributed by atoms with E-state index in [9.17, 15) is 19.5 Å². The molecule has 8 nitrogen and oxygen atoms in total. The minimum atomic E-state index is -0.994. The molecule has 9 heteroatoms. The molecule has 0 bridgehead atoms. The van der Waals surface area contributed by atoms with Gasteiger partial charge < -0.3 is 24.6 Å². The standard InChI is InChI=1S/C23H26INO7/c1-15(2)20(25-23(29)32-14-16-6-4-3-5-7-16)22(28)31-11-10-30-18-8-9-19(21(26)27)17(12-18)13-24/h3-9,12,15,20H,10-11,13-14H2,1-2H3,(H,25,29)(H,26,27)/t20-/m0/s1. The molecule has 0 aliphatic heterocycles. The number of carboxylic acid groups (broad SMARTS) is 1. The van der Waals surface area contributed by atoms with E-state index in [0.29, 0.717) is 15.7 Å². The van der Waals surface area contributed by atoms with Crippen molar-refractivity contribution >= 4 is 40.6 Å². The molecule has 1 amide bonds. The Morgan fingerprint density at radius 3 is 2.38 bits per heavy atom. The van der Waals surface area contributed by atoms with Crippen LogP contribution in [0.4, 0.5) is 4.79 Å². The third-order valence-electron chi connectivity index (χ3n) is 4.45. The van der Waals surface area contributed by atoms with Gasteiger partial charge in [-0.2, -0.15) is 0 Å². The molecule has 0 aliphatic rings. The van der Waals surface area contributed by atoms with E-state index >= 15 is 0 Å². The number of carboxylic acids is 1. The van der Waals surface area contributed by atoms with Gasteiger partial charge in [0.05, 0.1) is 5.56 Å². The second-order valence-corrected chi connectivity index (χ2v) is 7.96. The summed E-state index contributed by atoms with van der Waals surface area (Å²) in [6, 6.07) is 13.1. The maximum atomic E-state index is 12.4. The number of rotatable bonds is 11. The lowest BCUT2D eigenvalue weighted by atomic mass is 10.1. The monoisotopic (exact) mass is 555 g/mol. The van der Waals surface area contributed by atoms with Crippen LogP contribution in [0, 0.1) is 5.92 Å². The van der Waals surface area contributed by atoms with E-state index in [1.807, 2.05) is 30.3 Å². The first kappa shape index (κ1) is 25.4. The number of carbonyl (C=O) groups is 3. The van der Waals surface area contributed by atoms with Crippen molar-refractivity contribution < 1.29 is 33.7 Å². The van der Waals surface area contributed by atoms with Gasteiger partial charge in [0.15, 0.2) is 0 Å². The maximum absolute atomic E-state index is 12.4. The highest BCUT2D eigenvalue weighted by atomic mass is 127. The van der Waals surface area contributed by atoms with Crippen molar-refractivity contribution in [2.75, 3.05) is 13.2 Å². The van der Waals surface area contributed by atoms with Crippen LogP contribution in [0.15, 0.2) is 48.5 Å². The first-order chi connectivity index (χ1) is 15.3. The second kappa shape index (κ2) is 12.9. The molecule has 2 aromatic carbocycles. The topological polar surface area (TPSA) is 111 Å². The zero-order chi connectivity index (χ0) is 23.5. The zero-order valence-corrected chi connectivity index (χ0v) is 20.0. The Morgan fingerprint density at radius 1 is 1.03 bits per heavy atom. The van der Waals surface area contributed by atoms with Gasteiger partial charge in [0.2, 0.25) is 0 Å². The van der Waals surface area contributed by atoms with Crippen molar-refractivity contribution in [1.82, 2.24) is 5.32 Å². The van der Waals surface area contributed by atoms with Gasteiger partial charge >= 0.3 is 18.0 Å².